The first-order valence-electron chi connectivity index (χ1n) is 7.56. The maximum atomic E-state index is 11.8. The van der Waals surface area contributed by atoms with Gasteiger partial charge in [-0.15, -0.1) is 0 Å². The Morgan fingerprint density at radius 3 is 2.68 bits per heavy atom. The number of anilines is 1. The first kappa shape index (κ1) is 14.6. The second kappa shape index (κ2) is 5.16. The van der Waals surface area contributed by atoms with E-state index in [9.17, 15) is 9.59 Å². The van der Waals surface area contributed by atoms with Crippen LogP contribution in [0.25, 0.3) is 10.9 Å². The molecule has 3 rings (SSSR count). The van der Waals surface area contributed by atoms with E-state index in [2.05, 4.69) is 54.3 Å². The van der Waals surface area contributed by atoms with Gasteiger partial charge in [0.15, 0.2) is 0 Å². The molecule has 0 radical (unpaired) electrons. The molecular weight excluding hydrogens is 278 g/mol. The molecule has 5 nitrogen and oxygen atoms in total. The highest BCUT2D eigenvalue weighted by Gasteiger charge is 2.26. The third-order valence-corrected chi connectivity index (χ3v) is 3.99. The van der Waals surface area contributed by atoms with Gasteiger partial charge in [-0.25, -0.2) is 0 Å². The normalized spacial score (nSPS) is 19.3. The van der Waals surface area contributed by atoms with Gasteiger partial charge in [0.1, 0.15) is 6.04 Å². The van der Waals surface area contributed by atoms with Gasteiger partial charge >= 0.3 is 0 Å². The molecule has 0 bridgehead atoms. The zero-order chi connectivity index (χ0) is 15.9. The molecule has 0 aliphatic carbocycles. The molecule has 1 unspecified atom stereocenters. The molecule has 1 saturated heterocycles. The van der Waals surface area contributed by atoms with Gasteiger partial charge in [0.05, 0.1) is 0 Å². The summed E-state index contributed by atoms with van der Waals surface area (Å²) in [7, 11) is 0. The van der Waals surface area contributed by atoms with Gasteiger partial charge in [-0.1, -0.05) is 0 Å². The summed E-state index contributed by atoms with van der Waals surface area (Å²) in [6.45, 7) is 6.51. The molecular formula is C17H21N3O2. The quantitative estimate of drug-likeness (QED) is 0.838. The number of hydrogen-bond donors (Lipinski definition) is 2. The number of carbonyl (C=O) groups excluding carboxylic acids is 2. The van der Waals surface area contributed by atoms with Crippen LogP contribution in [0.2, 0.25) is 0 Å². The summed E-state index contributed by atoms with van der Waals surface area (Å²) in [5, 5.41) is 6.72. The first-order valence-corrected chi connectivity index (χ1v) is 7.56. The lowest BCUT2D eigenvalue weighted by Gasteiger charge is -2.24. The minimum Gasteiger partial charge on any atom is -0.374 e. The Bertz CT molecular complexity index is 740. The Morgan fingerprint density at radius 1 is 1.23 bits per heavy atom. The van der Waals surface area contributed by atoms with Gasteiger partial charge in [-0.2, -0.15) is 0 Å². The van der Waals surface area contributed by atoms with Crippen LogP contribution < -0.4 is 10.6 Å². The lowest BCUT2D eigenvalue weighted by molar-refractivity contribution is -0.133. The van der Waals surface area contributed by atoms with Crippen molar-refractivity contribution in [3.8, 4) is 0 Å². The average molecular weight is 299 g/mol. The summed E-state index contributed by atoms with van der Waals surface area (Å²) in [6.07, 6.45) is 3.00. The lowest BCUT2D eigenvalue weighted by atomic mass is 10.1. The van der Waals surface area contributed by atoms with Crippen molar-refractivity contribution in [2.24, 2.45) is 0 Å². The largest absolute Gasteiger partial charge is 0.374 e. The summed E-state index contributed by atoms with van der Waals surface area (Å²) in [5.74, 6) is -0.440. The second-order valence-corrected chi connectivity index (χ2v) is 6.78. The molecule has 1 fully saturated rings. The van der Waals surface area contributed by atoms with Crippen molar-refractivity contribution in [2.45, 2.75) is 45.2 Å². The van der Waals surface area contributed by atoms with Crippen molar-refractivity contribution < 1.29 is 9.59 Å². The molecule has 5 heteroatoms. The summed E-state index contributed by atoms with van der Waals surface area (Å²) in [4.78, 5) is 23.0. The van der Waals surface area contributed by atoms with Gasteiger partial charge in [-0.05, 0) is 51.5 Å². The van der Waals surface area contributed by atoms with Gasteiger partial charge in [0.2, 0.25) is 11.8 Å². The summed E-state index contributed by atoms with van der Waals surface area (Å²) in [5.41, 5.74) is 2.09. The van der Waals surface area contributed by atoms with E-state index in [0.717, 1.165) is 11.1 Å². The first-order chi connectivity index (χ1) is 10.3. The number of benzene rings is 1. The minimum atomic E-state index is -0.347. The van der Waals surface area contributed by atoms with E-state index in [1.807, 2.05) is 12.1 Å². The van der Waals surface area contributed by atoms with Gasteiger partial charge in [0.25, 0.3) is 0 Å². The van der Waals surface area contributed by atoms with Crippen molar-refractivity contribution in [1.29, 1.82) is 0 Å². The van der Waals surface area contributed by atoms with Crippen molar-refractivity contribution in [1.82, 2.24) is 9.88 Å². The van der Waals surface area contributed by atoms with Gasteiger partial charge in [0, 0.05) is 34.7 Å². The van der Waals surface area contributed by atoms with Crippen molar-refractivity contribution in [2.75, 3.05) is 5.32 Å². The van der Waals surface area contributed by atoms with E-state index in [1.54, 1.807) is 0 Å². The van der Waals surface area contributed by atoms with Crippen LogP contribution in [0.15, 0.2) is 30.5 Å². The molecule has 116 valence electrons. The average Bonchev–Trinajstić information content (AvgIpc) is 2.85. The van der Waals surface area contributed by atoms with Crippen LogP contribution in [0, 0.1) is 0 Å². The highest BCUT2D eigenvalue weighted by Crippen LogP contribution is 2.26. The SMILES string of the molecule is CC(C)(C)n1ccc2cc(NC3CCC(=O)NC3=O)ccc21. The molecule has 2 aromatic rings. The molecule has 2 amide bonds. The number of nitrogens with one attached hydrogen (secondary N) is 2. The number of piperidine rings is 1. The van der Waals surface area contributed by atoms with Crippen LogP contribution in [0.3, 0.4) is 0 Å². The zero-order valence-corrected chi connectivity index (χ0v) is 13.1. The summed E-state index contributed by atoms with van der Waals surface area (Å²) >= 11 is 0. The van der Waals surface area contributed by atoms with E-state index in [0.29, 0.717) is 12.8 Å². The van der Waals surface area contributed by atoms with Crippen molar-refractivity contribution in [3.05, 3.63) is 30.5 Å². The van der Waals surface area contributed by atoms with Crippen LogP contribution in [-0.4, -0.2) is 22.4 Å². The number of carbonyl (C=O) groups is 2. The molecule has 2 N–H and O–H groups in total. The van der Waals surface area contributed by atoms with Crippen molar-refractivity contribution >= 4 is 28.4 Å². The lowest BCUT2D eigenvalue weighted by Crippen LogP contribution is -2.47. The van der Waals surface area contributed by atoms with Crippen LogP contribution in [0.5, 0.6) is 0 Å². The highest BCUT2D eigenvalue weighted by atomic mass is 16.2. The van der Waals surface area contributed by atoms with E-state index < -0.39 is 0 Å². The molecule has 1 aromatic carbocycles. The fourth-order valence-corrected chi connectivity index (χ4v) is 2.85. The number of nitrogens with zero attached hydrogens (tertiary/aromatic N) is 1. The van der Waals surface area contributed by atoms with E-state index in [-0.39, 0.29) is 23.4 Å². The smallest absolute Gasteiger partial charge is 0.249 e. The zero-order valence-electron chi connectivity index (χ0n) is 13.1. The molecule has 1 aliphatic rings. The van der Waals surface area contributed by atoms with E-state index >= 15 is 0 Å². The van der Waals surface area contributed by atoms with Crippen LogP contribution in [-0.2, 0) is 15.1 Å². The van der Waals surface area contributed by atoms with Crippen LogP contribution in [0.1, 0.15) is 33.6 Å². The predicted molar refractivity (Wildman–Crippen MR) is 86.7 cm³/mol. The monoisotopic (exact) mass is 299 g/mol. The second-order valence-electron chi connectivity index (χ2n) is 6.78. The number of hydrogen-bond acceptors (Lipinski definition) is 3. The Hall–Kier alpha value is -2.30. The Balaban J connectivity index is 1.84. The molecule has 1 aliphatic heterocycles. The molecule has 22 heavy (non-hydrogen) atoms. The molecule has 2 heterocycles. The minimum absolute atomic E-state index is 0.0281. The standard InChI is InChI=1S/C17H21N3O2/c1-17(2,3)20-9-8-11-10-12(4-6-14(11)20)18-13-5-7-15(21)19-16(13)22/h4,6,8-10,13,18H,5,7H2,1-3H3,(H,19,21,22). The number of fused-ring (bicyclic) bond motifs is 1. The molecule has 1 atom stereocenters. The van der Waals surface area contributed by atoms with Crippen molar-refractivity contribution in [3.63, 3.8) is 0 Å². The molecule has 1 aromatic heterocycles. The van der Waals surface area contributed by atoms with E-state index in [1.165, 1.54) is 5.52 Å². The summed E-state index contributed by atoms with van der Waals surface area (Å²) in [6, 6.07) is 7.82. The topological polar surface area (TPSA) is 63.1 Å². The summed E-state index contributed by atoms with van der Waals surface area (Å²) < 4.78 is 2.23. The predicted octanol–water partition coefficient (Wildman–Crippen LogP) is 2.61. The highest BCUT2D eigenvalue weighted by molar-refractivity contribution is 6.01. The third-order valence-electron chi connectivity index (χ3n) is 3.99. The fraction of sp³-hybridized carbons (Fsp3) is 0.412. The Morgan fingerprint density at radius 2 is 2.00 bits per heavy atom. The number of amides is 2. The third kappa shape index (κ3) is 2.71. The maximum absolute atomic E-state index is 11.8. The van der Waals surface area contributed by atoms with Gasteiger partial charge in [-0.3, -0.25) is 14.9 Å². The molecule has 0 saturated carbocycles. The number of aromatic nitrogens is 1. The number of imide groups is 1. The Kier molecular flexibility index (Phi) is 3.43. The fourth-order valence-electron chi connectivity index (χ4n) is 2.85. The van der Waals surface area contributed by atoms with Crippen LogP contribution >= 0.6 is 0 Å². The Labute approximate surface area is 129 Å². The van der Waals surface area contributed by atoms with Gasteiger partial charge < -0.3 is 9.88 Å². The maximum Gasteiger partial charge on any atom is 0.249 e. The van der Waals surface area contributed by atoms with E-state index in [4.69, 9.17) is 0 Å². The van der Waals surface area contributed by atoms with Crippen LogP contribution in [0.4, 0.5) is 5.69 Å². The molecule has 0 spiro atoms. The number of rotatable bonds is 2.